The first-order chi connectivity index (χ1) is 16.0. The van der Waals surface area contributed by atoms with E-state index in [9.17, 15) is 18.0 Å². The predicted molar refractivity (Wildman–Crippen MR) is 138 cm³/mol. The van der Waals surface area contributed by atoms with Crippen LogP contribution in [-0.4, -0.2) is 57.6 Å². The second-order valence-corrected chi connectivity index (χ2v) is 11.0. The molecule has 11 heteroatoms. The highest BCUT2D eigenvalue weighted by molar-refractivity contribution is 9.10. The van der Waals surface area contributed by atoms with Crippen LogP contribution in [0.15, 0.2) is 46.9 Å². The molecule has 2 amide bonds. The Kier molecular flexibility index (Phi) is 10.2. The van der Waals surface area contributed by atoms with Crippen LogP contribution in [0.3, 0.4) is 0 Å². The third-order valence-corrected chi connectivity index (χ3v) is 6.90. The van der Waals surface area contributed by atoms with Crippen LogP contribution < -0.4 is 14.4 Å². The van der Waals surface area contributed by atoms with Crippen molar-refractivity contribution >= 4 is 55.1 Å². The number of halogens is 2. The molecular formula is C23H29BrClN3O5S. The van der Waals surface area contributed by atoms with Crippen LogP contribution in [0.2, 0.25) is 5.02 Å². The maximum absolute atomic E-state index is 13.5. The van der Waals surface area contributed by atoms with Crippen LogP contribution in [0, 0.1) is 0 Å². The van der Waals surface area contributed by atoms with Gasteiger partial charge in [0.2, 0.25) is 21.8 Å². The fourth-order valence-electron chi connectivity index (χ4n) is 3.26. The smallest absolute Gasteiger partial charge is 0.244 e. The molecule has 8 nitrogen and oxygen atoms in total. The van der Waals surface area contributed by atoms with E-state index in [1.165, 1.54) is 24.1 Å². The topological polar surface area (TPSA) is 96.0 Å². The number of nitrogens with one attached hydrogen (secondary N) is 1. The van der Waals surface area contributed by atoms with Gasteiger partial charge in [-0.15, -0.1) is 0 Å². The van der Waals surface area contributed by atoms with Gasteiger partial charge >= 0.3 is 0 Å². The van der Waals surface area contributed by atoms with Crippen LogP contribution >= 0.6 is 27.5 Å². The van der Waals surface area contributed by atoms with Gasteiger partial charge in [0.05, 0.1) is 19.1 Å². The molecular weight excluding hydrogens is 546 g/mol. The van der Waals surface area contributed by atoms with Crippen LogP contribution in [0.4, 0.5) is 5.69 Å². The Morgan fingerprint density at radius 1 is 1.21 bits per heavy atom. The van der Waals surface area contributed by atoms with Crippen molar-refractivity contribution in [1.82, 2.24) is 10.2 Å². The largest absolute Gasteiger partial charge is 0.495 e. The zero-order valence-electron chi connectivity index (χ0n) is 19.5. The van der Waals surface area contributed by atoms with Crippen molar-refractivity contribution in [2.75, 3.05) is 30.8 Å². The number of rotatable bonds is 11. The van der Waals surface area contributed by atoms with Crippen LogP contribution in [0.5, 0.6) is 5.75 Å². The Labute approximate surface area is 214 Å². The normalized spacial score (nSPS) is 12.1. The highest BCUT2D eigenvalue weighted by atomic mass is 79.9. The Morgan fingerprint density at radius 2 is 1.91 bits per heavy atom. The van der Waals surface area contributed by atoms with Gasteiger partial charge in [-0.1, -0.05) is 46.6 Å². The first-order valence-electron chi connectivity index (χ1n) is 10.6. The van der Waals surface area contributed by atoms with E-state index in [1.54, 1.807) is 13.0 Å². The summed E-state index contributed by atoms with van der Waals surface area (Å²) in [7, 11) is -2.50. The minimum Gasteiger partial charge on any atom is -0.495 e. The lowest BCUT2D eigenvalue weighted by molar-refractivity contribution is -0.139. The summed E-state index contributed by atoms with van der Waals surface area (Å²) in [5, 5.41) is 3.08. The maximum atomic E-state index is 13.5. The van der Waals surface area contributed by atoms with Gasteiger partial charge in [0.1, 0.15) is 18.3 Å². The van der Waals surface area contributed by atoms with Gasteiger partial charge in [-0.25, -0.2) is 8.42 Å². The van der Waals surface area contributed by atoms with E-state index in [0.29, 0.717) is 6.54 Å². The molecule has 0 saturated carbocycles. The third kappa shape index (κ3) is 7.61. The van der Waals surface area contributed by atoms with Crippen molar-refractivity contribution in [3.05, 3.63) is 57.5 Å². The molecule has 0 saturated heterocycles. The third-order valence-electron chi connectivity index (χ3n) is 5.05. The van der Waals surface area contributed by atoms with Crippen LogP contribution in [-0.2, 0) is 26.2 Å². The minimum absolute atomic E-state index is 0.114. The first kappa shape index (κ1) is 27.9. The summed E-state index contributed by atoms with van der Waals surface area (Å²) in [6, 6.07) is 11.0. The molecule has 0 aliphatic rings. The van der Waals surface area contributed by atoms with E-state index in [1.807, 2.05) is 31.2 Å². The van der Waals surface area contributed by atoms with E-state index < -0.39 is 28.5 Å². The van der Waals surface area contributed by atoms with Crippen molar-refractivity contribution in [2.24, 2.45) is 0 Å². The molecule has 0 fully saturated rings. The van der Waals surface area contributed by atoms with Gasteiger partial charge in [-0.2, -0.15) is 0 Å². The number of methoxy groups -OCH3 is 1. The zero-order chi connectivity index (χ0) is 25.5. The van der Waals surface area contributed by atoms with E-state index >= 15 is 0 Å². The number of carbonyl (C=O) groups excluding carboxylic acids is 2. The summed E-state index contributed by atoms with van der Waals surface area (Å²) in [5.74, 6) is -0.627. The lowest BCUT2D eigenvalue weighted by Crippen LogP contribution is -2.51. The van der Waals surface area contributed by atoms with Crippen LogP contribution in [0.1, 0.15) is 25.8 Å². The van der Waals surface area contributed by atoms with Gasteiger partial charge < -0.3 is 15.0 Å². The second-order valence-electron chi connectivity index (χ2n) is 7.70. The van der Waals surface area contributed by atoms with Gasteiger partial charge in [0.15, 0.2) is 0 Å². The summed E-state index contributed by atoms with van der Waals surface area (Å²) >= 11 is 9.51. The summed E-state index contributed by atoms with van der Waals surface area (Å²) < 4.78 is 32.4. The quantitative estimate of drug-likeness (QED) is 0.440. The molecule has 2 aromatic carbocycles. The fourth-order valence-corrected chi connectivity index (χ4v) is 4.72. The Balaban J connectivity index is 2.45. The van der Waals surface area contributed by atoms with Crippen molar-refractivity contribution in [2.45, 2.75) is 32.9 Å². The Hall–Kier alpha value is -2.30. The standard InChI is InChI=1S/C23H29BrClN3O5S/c1-5-11-26-23(30)16(2)27(14-17-7-6-8-18(24)12-17)22(29)15-28(34(4,31)32)20-13-19(25)9-10-21(20)33-3/h6-10,12-13,16H,5,11,14-15H2,1-4H3,(H,26,30)/t16-/m1/s1. The maximum Gasteiger partial charge on any atom is 0.244 e. The molecule has 0 radical (unpaired) electrons. The first-order valence-corrected chi connectivity index (χ1v) is 13.6. The zero-order valence-corrected chi connectivity index (χ0v) is 22.7. The average molecular weight is 575 g/mol. The number of benzene rings is 2. The summed E-state index contributed by atoms with van der Waals surface area (Å²) in [4.78, 5) is 27.6. The lowest BCUT2D eigenvalue weighted by Gasteiger charge is -2.32. The number of anilines is 1. The summed E-state index contributed by atoms with van der Waals surface area (Å²) in [5.41, 5.74) is 0.917. The SMILES string of the molecule is CCCNC(=O)[C@@H](C)N(Cc1cccc(Br)c1)C(=O)CN(c1cc(Cl)ccc1OC)S(C)(=O)=O. The number of carbonyl (C=O) groups is 2. The summed E-state index contributed by atoms with van der Waals surface area (Å²) in [6.45, 7) is 3.60. The van der Waals surface area contributed by atoms with Gasteiger partial charge in [-0.3, -0.25) is 13.9 Å². The number of hydrogen-bond donors (Lipinski definition) is 1. The predicted octanol–water partition coefficient (Wildman–Crippen LogP) is 3.82. The highest BCUT2D eigenvalue weighted by Gasteiger charge is 2.31. The molecule has 0 aliphatic carbocycles. The molecule has 2 aromatic rings. The molecule has 34 heavy (non-hydrogen) atoms. The average Bonchev–Trinajstić information content (AvgIpc) is 2.78. The molecule has 0 bridgehead atoms. The lowest BCUT2D eigenvalue weighted by atomic mass is 10.1. The van der Waals surface area contributed by atoms with Gasteiger partial charge in [0, 0.05) is 22.6 Å². The number of nitrogens with zero attached hydrogens (tertiary/aromatic N) is 2. The number of ether oxygens (including phenoxy) is 1. The molecule has 1 N–H and O–H groups in total. The van der Waals surface area contributed by atoms with Crippen molar-refractivity contribution in [3.63, 3.8) is 0 Å². The fraction of sp³-hybridized carbons (Fsp3) is 0.391. The number of sulfonamides is 1. The van der Waals surface area contributed by atoms with E-state index in [0.717, 1.165) is 27.0 Å². The molecule has 0 unspecified atom stereocenters. The van der Waals surface area contributed by atoms with E-state index in [4.69, 9.17) is 16.3 Å². The number of hydrogen-bond acceptors (Lipinski definition) is 5. The molecule has 186 valence electrons. The van der Waals surface area contributed by atoms with Gasteiger partial charge in [-0.05, 0) is 49.2 Å². The highest BCUT2D eigenvalue weighted by Crippen LogP contribution is 2.33. The molecule has 0 spiro atoms. The number of amides is 2. The monoisotopic (exact) mass is 573 g/mol. The Bertz CT molecular complexity index is 1130. The molecule has 0 aliphatic heterocycles. The molecule has 2 rings (SSSR count). The minimum atomic E-state index is -3.90. The van der Waals surface area contributed by atoms with Gasteiger partial charge in [0.25, 0.3) is 0 Å². The van der Waals surface area contributed by atoms with Crippen molar-refractivity contribution < 1.29 is 22.7 Å². The van der Waals surface area contributed by atoms with Crippen LogP contribution in [0.25, 0.3) is 0 Å². The molecule has 0 heterocycles. The van der Waals surface area contributed by atoms with E-state index in [-0.39, 0.29) is 28.9 Å². The molecule has 1 atom stereocenters. The molecule has 0 aromatic heterocycles. The van der Waals surface area contributed by atoms with Crippen molar-refractivity contribution in [3.8, 4) is 5.75 Å². The summed E-state index contributed by atoms with van der Waals surface area (Å²) in [6.07, 6.45) is 1.74. The Morgan fingerprint density at radius 3 is 2.50 bits per heavy atom. The van der Waals surface area contributed by atoms with Crippen molar-refractivity contribution in [1.29, 1.82) is 0 Å². The van der Waals surface area contributed by atoms with E-state index in [2.05, 4.69) is 21.2 Å². The second kappa shape index (κ2) is 12.4.